The van der Waals surface area contributed by atoms with Gasteiger partial charge in [-0.15, -0.1) is 4.83 Å². The Labute approximate surface area is 137 Å². The third-order valence-electron chi connectivity index (χ3n) is 3.06. The molecule has 0 saturated heterocycles. The lowest BCUT2D eigenvalue weighted by Gasteiger charge is -2.09. The molecule has 0 radical (unpaired) electrons. The Kier molecular flexibility index (Phi) is 5.00. The molecule has 0 aliphatic rings. The minimum atomic E-state index is -3.79. The van der Waals surface area contributed by atoms with E-state index >= 15 is 0 Å². The summed E-state index contributed by atoms with van der Waals surface area (Å²) in [6.45, 7) is 3.76. The minimum absolute atomic E-state index is 0.0866. The summed E-state index contributed by atoms with van der Waals surface area (Å²) in [7, 11) is -3.79. The molecule has 0 heterocycles. The van der Waals surface area contributed by atoms with Gasteiger partial charge < -0.3 is 0 Å². The van der Waals surface area contributed by atoms with E-state index in [0.29, 0.717) is 5.56 Å². The van der Waals surface area contributed by atoms with Gasteiger partial charge in [0.1, 0.15) is 0 Å². The second kappa shape index (κ2) is 6.60. The first-order valence-corrected chi connectivity index (χ1v) is 8.72. The normalized spacial score (nSPS) is 11.2. The zero-order chi connectivity index (χ0) is 16.3. The van der Waals surface area contributed by atoms with Crippen LogP contribution in [0.15, 0.2) is 51.8 Å². The molecule has 7 heteroatoms. The van der Waals surface area contributed by atoms with Gasteiger partial charge >= 0.3 is 0 Å². The van der Waals surface area contributed by atoms with Crippen LogP contribution in [0.1, 0.15) is 21.5 Å². The SMILES string of the molecule is Cc1ccc(S(=O)(=O)NNC(=O)c2ccc(C)c(Br)c2)cc1. The number of hydrazine groups is 1. The number of carbonyl (C=O) groups excluding carboxylic acids is 1. The third-order valence-corrected chi connectivity index (χ3v) is 5.18. The Balaban J connectivity index is 2.09. The fourth-order valence-corrected chi connectivity index (χ4v) is 2.91. The van der Waals surface area contributed by atoms with Crippen molar-refractivity contribution in [2.24, 2.45) is 0 Å². The molecule has 0 aliphatic heterocycles. The second-order valence-electron chi connectivity index (χ2n) is 4.84. The van der Waals surface area contributed by atoms with E-state index in [9.17, 15) is 13.2 Å². The highest BCUT2D eigenvalue weighted by Crippen LogP contribution is 2.17. The molecule has 0 saturated carbocycles. The summed E-state index contributed by atoms with van der Waals surface area (Å²) in [5.41, 5.74) is 4.49. The molecule has 116 valence electrons. The number of nitrogens with one attached hydrogen (secondary N) is 2. The van der Waals surface area contributed by atoms with Crippen LogP contribution in [-0.2, 0) is 10.0 Å². The molecule has 2 rings (SSSR count). The molecule has 2 aromatic carbocycles. The van der Waals surface area contributed by atoms with Crippen LogP contribution in [0, 0.1) is 13.8 Å². The van der Waals surface area contributed by atoms with E-state index in [1.807, 2.05) is 13.8 Å². The third kappa shape index (κ3) is 3.94. The fraction of sp³-hybridized carbons (Fsp3) is 0.133. The van der Waals surface area contributed by atoms with Crippen molar-refractivity contribution in [1.82, 2.24) is 10.3 Å². The number of rotatable bonds is 4. The zero-order valence-corrected chi connectivity index (χ0v) is 14.5. The predicted molar refractivity (Wildman–Crippen MR) is 87.8 cm³/mol. The molecule has 0 unspecified atom stereocenters. The van der Waals surface area contributed by atoms with Crippen LogP contribution >= 0.6 is 15.9 Å². The van der Waals surface area contributed by atoms with E-state index in [1.165, 1.54) is 12.1 Å². The molecule has 0 atom stereocenters. The maximum absolute atomic E-state index is 12.1. The van der Waals surface area contributed by atoms with E-state index in [4.69, 9.17) is 0 Å². The number of aryl methyl sites for hydroxylation is 2. The fourth-order valence-electron chi connectivity index (χ4n) is 1.70. The van der Waals surface area contributed by atoms with Crippen molar-refractivity contribution in [3.63, 3.8) is 0 Å². The lowest BCUT2D eigenvalue weighted by atomic mass is 10.1. The smallest absolute Gasteiger partial charge is 0.266 e. The average Bonchev–Trinajstić information content (AvgIpc) is 2.48. The van der Waals surface area contributed by atoms with Gasteiger partial charge in [0.2, 0.25) is 0 Å². The van der Waals surface area contributed by atoms with E-state index in [0.717, 1.165) is 15.6 Å². The molecule has 2 N–H and O–H groups in total. The highest BCUT2D eigenvalue weighted by Gasteiger charge is 2.15. The van der Waals surface area contributed by atoms with Crippen LogP contribution in [0.25, 0.3) is 0 Å². The molecule has 0 aliphatic carbocycles. The number of carbonyl (C=O) groups is 1. The van der Waals surface area contributed by atoms with E-state index in [-0.39, 0.29) is 4.90 Å². The Morgan fingerprint density at radius 1 is 1.05 bits per heavy atom. The number of hydrogen-bond donors (Lipinski definition) is 2. The van der Waals surface area contributed by atoms with Gasteiger partial charge in [-0.2, -0.15) is 0 Å². The summed E-state index contributed by atoms with van der Waals surface area (Å²) in [5, 5.41) is 0. The van der Waals surface area contributed by atoms with Crippen LogP contribution in [0.3, 0.4) is 0 Å². The van der Waals surface area contributed by atoms with E-state index < -0.39 is 15.9 Å². The van der Waals surface area contributed by atoms with Crippen molar-refractivity contribution < 1.29 is 13.2 Å². The highest BCUT2D eigenvalue weighted by atomic mass is 79.9. The van der Waals surface area contributed by atoms with Gasteiger partial charge in [0, 0.05) is 10.0 Å². The first-order chi connectivity index (χ1) is 10.3. The molecule has 0 fully saturated rings. The van der Waals surface area contributed by atoms with Gasteiger partial charge in [-0.05, 0) is 43.7 Å². The molecule has 0 bridgehead atoms. The minimum Gasteiger partial charge on any atom is -0.273 e. The lowest BCUT2D eigenvalue weighted by molar-refractivity contribution is 0.0945. The maximum atomic E-state index is 12.1. The van der Waals surface area contributed by atoms with Crippen molar-refractivity contribution in [3.05, 3.63) is 63.6 Å². The van der Waals surface area contributed by atoms with Crippen molar-refractivity contribution in [2.75, 3.05) is 0 Å². The Hall–Kier alpha value is -1.70. The standard InChI is InChI=1S/C15H15BrN2O3S/c1-10-3-7-13(8-4-10)22(20,21)18-17-15(19)12-6-5-11(2)14(16)9-12/h3-9,18H,1-2H3,(H,17,19). The van der Waals surface area contributed by atoms with Crippen LogP contribution in [-0.4, -0.2) is 14.3 Å². The van der Waals surface area contributed by atoms with Gasteiger partial charge in [-0.3, -0.25) is 10.2 Å². The van der Waals surface area contributed by atoms with Crippen LogP contribution in [0.5, 0.6) is 0 Å². The molecule has 1 amide bonds. The van der Waals surface area contributed by atoms with Crippen LogP contribution in [0.4, 0.5) is 0 Å². The summed E-state index contributed by atoms with van der Waals surface area (Å²) in [5.74, 6) is -0.531. The molecule has 22 heavy (non-hydrogen) atoms. The summed E-state index contributed by atoms with van der Waals surface area (Å²) in [4.78, 5) is 14.2. The highest BCUT2D eigenvalue weighted by molar-refractivity contribution is 9.10. The van der Waals surface area contributed by atoms with Gasteiger partial charge in [0.15, 0.2) is 0 Å². The molecule has 0 spiro atoms. The molecule has 0 aromatic heterocycles. The van der Waals surface area contributed by atoms with Crippen LogP contribution < -0.4 is 10.3 Å². The monoisotopic (exact) mass is 382 g/mol. The number of amides is 1. The number of halogens is 1. The maximum Gasteiger partial charge on any atom is 0.266 e. The first-order valence-electron chi connectivity index (χ1n) is 6.44. The summed E-state index contributed by atoms with van der Waals surface area (Å²) >= 11 is 3.33. The molecular weight excluding hydrogens is 368 g/mol. The predicted octanol–water partition coefficient (Wildman–Crippen LogP) is 2.69. The number of sulfonamides is 1. The van der Waals surface area contributed by atoms with Crippen molar-refractivity contribution >= 4 is 31.9 Å². The van der Waals surface area contributed by atoms with E-state index in [1.54, 1.807) is 30.3 Å². The van der Waals surface area contributed by atoms with Crippen molar-refractivity contribution in [3.8, 4) is 0 Å². The number of benzene rings is 2. The molecular formula is C15H15BrN2O3S. The van der Waals surface area contributed by atoms with Gasteiger partial charge in [0.25, 0.3) is 15.9 Å². The Morgan fingerprint density at radius 2 is 1.68 bits per heavy atom. The van der Waals surface area contributed by atoms with Gasteiger partial charge in [-0.1, -0.05) is 39.7 Å². The quantitative estimate of drug-likeness (QED) is 0.798. The summed E-state index contributed by atoms with van der Waals surface area (Å²) in [6.07, 6.45) is 0. The Morgan fingerprint density at radius 3 is 2.27 bits per heavy atom. The topological polar surface area (TPSA) is 75.3 Å². The van der Waals surface area contributed by atoms with Gasteiger partial charge in [-0.25, -0.2) is 8.42 Å². The van der Waals surface area contributed by atoms with Crippen molar-refractivity contribution in [2.45, 2.75) is 18.7 Å². The molecule has 2 aromatic rings. The summed E-state index contributed by atoms with van der Waals surface area (Å²) < 4.78 is 24.9. The molecule has 5 nitrogen and oxygen atoms in total. The van der Waals surface area contributed by atoms with Gasteiger partial charge in [0.05, 0.1) is 4.90 Å². The first kappa shape index (κ1) is 16.7. The largest absolute Gasteiger partial charge is 0.273 e. The zero-order valence-electron chi connectivity index (χ0n) is 12.1. The number of hydrogen-bond acceptors (Lipinski definition) is 3. The summed E-state index contributed by atoms with van der Waals surface area (Å²) in [6, 6.07) is 11.4. The van der Waals surface area contributed by atoms with Crippen molar-refractivity contribution in [1.29, 1.82) is 0 Å². The van der Waals surface area contributed by atoms with Crippen LogP contribution in [0.2, 0.25) is 0 Å². The lowest BCUT2D eigenvalue weighted by Crippen LogP contribution is -2.41. The second-order valence-corrected chi connectivity index (χ2v) is 7.37. The van der Waals surface area contributed by atoms with E-state index in [2.05, 4.69) is 26.2 Å². The Bertz CT molecular complexity index is 802. The average molecular weight is 383 g/mol.